The van der Waals surface area contributed by atoms with Crippen molar-refractivity contribution in [1.82, 2.24) is 0 Å². The number of rotatable bonds is 30. The first-order valence-corrected chi connectivity index (χ1v) is 39.3. The van der Waals surface area contributed by atoms with E-state index in [9.17, 15) is 43.2 Å². The third kappa shape index (κ3) is 22.6. The van der Waals surface area contributed by atoms with Crippen LogP contribution in [0, 0.1) is 27.7 Å². The molecule has 3 aliphatic rings. The summed E-state index contributed by atoms with van der Waals surface area (Å²) in [6, 6.07) is 50.1. The molecule has 3 aliphatic carbocycles. The van der Waals surface area contributed by atoms with Crippen LogP contribution in [0.4, 0.5) is 0 Å². The molecule has 9 aromatic rings. The van der Waals surface area contributed by atoms with Gasteiger partial charge in [-0.1, -0.05) is 144 Å². The minimum absolute atomic E-state index is 0.0220. The number of hydrogen-bond donors (Lipinski definition) is 0. The Morgan fingerprint density at radius 2 is 0.554 bits per heavy atom. The Hall–Kier alpha value is -13.7. The van der Waals surface area contributed by atoms with Crippen molar-refractivity contribution >= 4 is 53.2 Å². The first kappa shape index (κ1) is 89.7. The molecule has 0 aliphatic heterocycles. The number of carbonyl (C=O) groups is 9. The van der Waals surface area contributed by atoms with Gasteiger partial charge in [0.1, 0.15) is 54.3 Å². The fourth-order valence-corrected chi connectivity index (χ4v) is 13.9. The zero-order chi connectivity index (χ0) is 87.8. The highest BCUT2D eigenvalue weighted by Crippen LogP contribution is 2.46. The van der Waals surface area contributed by atoms with E-state index < -0.39 is 35.8 Å². The van der Waals surface area contributed by atoms with Crippen LogP contribution in [0.2, 0.25) is 0 Å². The minimum Gasteiger partial charge on any atom is -0.423 e. The Balaban J connectivity index is 0.000000190. The second-order valence-corrected chi connectivity index (χ2v) is 30.3. The van der Waals surface area contributed by atoms with Gasteiger partial charge in [-0.2, -0.15) is 0 Å². The Morgan fingerprint density at radius 3 is 0.934 bits per heavy atom. The van der Waals surface area contributed by atoms with Gasteiger partial charge >= 0.3 is 35.8 Å². The highest BCUT2D eigenvalue weighted by molar-refractivity contribution is 5.96. The molecule has 0 N–H and O–H groups in total. The molecule has 0 fully saturated rings. The van der Waals surface area contributed by atoms with Crippen LogP contribution >= 0.6 is 0 Å². The van der Waals surface area contributed by atoms with E-state index in [2.05, 4.69) is 132 Å². The Labute approximate surface area is 706 Å². The number of esters is 6. The molecule has 0 bridgehead atoms. The van der Waals surface area contributed by atoms with Crippen molar-refractivity contribution in [3.63, 3.8) is 0 Å². The van der Waals surface area contributed by atoms with Crippen LogP contribution < -0.4 is 28.4 Å². The number of aryl methyl sites for hydroxylation is 7. The zero-order valence-corrected chi connectivity index (χ0v) is 70.1. The Morgan fingerprint density at radius 1 is 0.289 bits per heavy atom. The van der Waals surface area contributed by atoms with E-state index in [4.69, 9.17) is 42.6 Å². The lowest BCUT2D eigenvalue weighted by molar-refractivity contribution is -0.131. The quantitative estimate of drug-likeness (QED) is 0.0231. The lowest BCUT2D eigenvalue weighted by atomic mass is 9.90. The molecule has 0 saturated carbocycles. The third-order valence-corrected chi connectivity index (χ3v) is 20.5. The van der Waals surface area contributed by atoms with Crippen LogP contribution in [0.25, 0.3) is 66.8 Å². The van der Waals surface area contributed by atoms with Crippen molar-refractivity contribution in [1.29, 1.82) is 0 Å². The molecule has 0 amide bonds. The van der Waals surface area contributed by atoms with Gasteiger partial charge in [-0.05, 0) is 286 Å². The SMILES string of the molecule is C=CC(=O)COC1CCc2ccc(-c3cc(C)c(-c4ccc(OC(=O)C(=C)C)cc4OC(=O)C(=C)C)cc3C)cc21.C=CC(=O)COC1CCc2ccc(-c3ccc(-c4ccc(OC(=O)C(=C)C)cc4OC(=O)C(=C)C)c(C)c3)cc21.C=CC(=O)COC1CCc2ccc(-c3ccc(-c4ccc(OC(=O)C(=C)C)cc4OC(=O)C(=C)C)cc3C)cc21. The summed E-state index contributed by atoms with van der Waals surface area (Å²) in [7, 11) is 0. The zero-order valence-electron chi connectivity index (χ0n) is 70.1. The van der Waals surface area contributed by atoms with Crippen LogP contribution in [-0.4, -0.2) is 73.0 Å². The predicted octanol–water partition coefficient (Wildman–Crippen LogP) is 21.5. The summed E-state index contributed by atoms with van der Waals surface area (Å²) < 4.78 is 50.7. The predicted molar refractivity (Wildman–Crippen MR) is 470 cm³/mol. The standard InChI is InChI=1S/C35H34O6.2C34H32O6/c1-8-26(36)19-39-32-14-11-24-9-10-25(17-31(24)32)29-15-23(7)30(16-22(29)6)28-13-12-27(40-34(37)20(2)3)18-33(28)41-35(38)21(4)5;1-7-26(35)19-38-31-15-11-23-8-9-25(17-30(23)31)28-13-10-24(16-22(28)6)29-14-12-27(39-33(36)20(2)3)18-32(29)40-34(37)21(4)5;1-7-26(35)19-38-31-15-11-23-8-9-25(17-30(23)31)24-10-13-28(22(6)16-24)29-14-12-27(39-33(36)20(2)3)18-32(29)40-34(37)21(4)5/h8-10,12-13,15-18,32H,1-2,4,11,14,19H2,3,5-7H3;2*7-10,12-14,16-18,31H,1-2,4,11,15,19H2,3,5-6H3. The molecule has 18 nitrogen and oxygen atoms in total. The van der Waals surface area contributed by atoms with Gasteiger partial charge in [0.25, 0.3) is 0 Å². The molecule has 618 valence electrons. The summed E-state index contributed by atoms with van der Waals surface area (Å²) in [5.41, 5.74) is 23.3. The highest BCUT2D eigenvalue weighted by Gasteiger charge is 2.30. The van der Waals surface area contributed by atoms with E-state index >= 15 is 0 Å². The third-order valence-electron chi connectivity index (χ3n) is 20.5. The van der Waals surface area contributed by atoms with E-state index in [1.54, 1.807) is 77.9 Å². The van der Waals surface area contributed by atoms with E-state index in [1.165, 1.54) is 53.1 Å². The monoisotopic (exact) mass is 1620 g/mol. The second-order valence-electron chi connectivity index (χ2n) is 30.3. The van der Waals surface area contributed by atoms with Crippen LogP contribution in [0.15, 0.2) is 269 Å². The average molecular weight is 1620 g/mol. The average Bonchev–Trinajstić information content (AvgIpc) is 1.74. The van der Waals surface area contributed by atoms with Gasteiger partial charge in [-0.25, -0.2) is 28.8 Å². The lowest BCUT2D eigenvalue weighted by Gasteiger charge is -2.18. The number of carbonyl (C=O) groups excluding carboxylic acids is 9. The fraction of sp³-hybridized carbons (Fsp3) is 0.214. The number of ether oxygens (including phenoxy) is 9. The summed E-state index contributed by atoms with van der Waals surface area (Å²) in [5.74, 6) is -2.38. The topological polar surface area (TPSA) is 237 Å². The number of ketones is 3. The van der Waals surface area contributed by atoms with Gasteiger partial charge in [-0.15, -0.1) is 0 Å². The Kier molecular flexibility index (Phi) is 29.8. The van der Waals surface area contributed by atoms with E-state index in [-0.39, 0.29) is 123 Å². The summed E-state index contributed by atoms with van der Waals surface area (Å²) in [4.78, 5) is 108. The largest absolute Gasteiger partial charge is 0.423 e. The van der Waals surface area contributed by atoms with E-state index in [1.807, 2.05) is 58.0 Å². The summed E-state index contributed by atoms with van der Waals surface area (Å²) in [6.45, 7) is 49.8. The maximum atomic E-state index is 12.5. The van der Waals surface area contributed by atoms with Crippen LogP contribution in [0.1, 0.15) is 135 Å². The first-order chi connectivity index (χ1) is 57.6. The summed E-state index contributed by atoms with van der Waals surface area (Å²) >= 11 is 0. The second kappa shape index (κ2) is 40.2. The molecule has 18 heteroatoms. The maximum absolute atomic E-state index is 12.5. The molecule has 0 saturated heterocycles. The van der Waals surface area contributed by atoms with Crippen molar-refractivity contribution in [2.45, 2.75) is 126 Å². The van der Waals surface area contributed by atoms with Crippen LogP contribution in [0.5, 0.6) is 34.5 Å². The molecule has 12 rings (SSSR count). The number of hydrogen-bond acceptors (Lipinski definition) is 18. The van der Waals surface area contributed by atoms with E-state index in [0.29, 0.717) is 16.7 Å². The smallest absolute Gasteiger partial charge is 0.338 e. The van der Waals surface area contributed by atoms with Crippen LogP contribution in [0.3, 0.4) is 0 Å². The first-order valence-electron chi connectivity index (χ1n) is 39.3. The van der Waals surface area contributed by atoms with Gasteiger partial charge in [0.05, 0.1) is 18.3 Å². The number of benzene rings is 9. The van der Waals surface area contributed by atoms with Crippen molar-refractivity contribution < 1.29 is 85.8 Å². The summed E-state index contributed by atoms with van der Waals surface area (Å²) in [6.07, 6.45) is 8.71. The van der Waals surface area contributed by atoms with Crippen LogP contribution in [-0.2, 0) is 76.6 Å². The Bertz CT molecular complexity index is 5800. The van der Waals surface area contributed by atoms with Gasteiger partial charge in [0.2, 0.25) is 0 Å². The summed E-state index contributed by atoms with van der Waals surface area (Å²) in [5, 5.41) is 0. The molecular formula is C103H98O18. The molecule has 0 radical (unpaired) electrons. The van der Waals surface area contributed by atoms with Crippen molar-refractivity contribution in [3.05, 3.63) is 324 Å². The number of fused-ring (bicyclic) bond motifs is 3. The molecule has 0 heterocycles. The molecule has 0 spiro atoms. The van der Waals surface area contributed by atoms with Gasteiger partial charge < -0.3 is 42.6 Å². The minimum atomic E-state index is -0.581. The van der Waals surface area contributed by atoms with Crippen molar-refractivity contribution in [3.8, 4) is 101 Å². The van der Waals surface area contributed by atoms with Gasteiger partial charge in [0.15, 0.2) is 17.3 Å². The maximum Gasteiger partial charge on any atom is 0.338 e. The van der Waals surface area contributed by atoms with E-state index in [0.717, 1.165) is 128 Å². The fourth-order valence-electron chi connectivity index (χ4n) is 13.9. The van der Waals surface area contributed by atoms with Crippen molar-refractivity contribution in [2.24, 2.45) is 0 Å². The molecular weight excluding hydrogens is 1530 g/mol. The lowest BCUT2D eigenvalue weighted by Crippen LogP contribution is -2.11. The normalized spacial score (nSPS) is 13.7. The molecule has 9 aromatic carbocycles. The van der Waals surface area contributed by atoms with Gasteiger partial charge in [0, 0.05) is 68.3 Å². The molecule has 3 unspecified atom stereocenters. The molecule has 121 heavy (non-hydrogen) atoms. The van der Waals surface area contributed by atoms with Gasteiger partial charge in [-0.3, -0.25) is 14.4 Å². The van der Waals surface area contributed by atoms with Crippen molar-refractivity contribution in [2.75, 3.05) is 19.8 Å². The molecule has 3 atom stereocenters. The highest BCUT2D eigenvalue weighted by atomic mass is 16.6. The molecule has 0 aromatic heterocycles.